The number of carbonyl (C=O) groups excluding carboxylic acids is 1. The number of rotatable bonds is 8. The van der Waals surface area contributed by atoms with Gasteiger partial charge in [0.05, 0.1) is 10.8 Å². The predicted molar refractivity (Wildman–Crippen MR) is 122 cm³/mol. The molecular weight excluding hydrogens is 411 g/mol. The SMILES string of the molecule is CC(C)Cn1c(SC(C)C(=O)NC(C)C2CC3CCC2C3)nnc1-c1ccccc1F. The molecule has 5 unspecified atom stereocenters. The van der Waals surface area contributed by atoms with Crippen LogP contribution in [0.4, 0.5) is 4.39 Å². The van der Waals surface area contributed by atoms with Crippen LogP contribution in [-0.4, -0.2) is 32.0 Å². The molecule has 1 heterocycles. The smallest absolute Gasteiger partial charge is 0.233 e. The van der Waals surface area contributed by atoms with E-state index in [0.29, 0.717) is 34.9 Å². The van der Waals surface area contributed by atoms with Crippen LogP contribution in [0.25, 0.3) is 11.4 Å². The van der Waals surface area contributed by atoms with Gasteiger partial charge in [-0.3, -0.25) is 4.79 Å². The van der Waals surface area contributed by atoms with Crippen molar-refractivity contribution in [1.29, 1.82) is 0 Å². The molecule has 2 aliphatic carbocycles. The summed E-state index contributed by atoms with van der Waals surface area (Å²) in [5.41, 5.74) is 0.435. The van der Waals surface area contributed by atoms with Crippen molar-refractivity contribution >= 4 is 17.7 Å². The molecule has 0 radical (unpaired) electrons. The van der Waals surface area contributed by atoms with Crippen LogP contribution < -0.4 is 5.32 Å². The van der Waals surface area contributed by atoms with Crippen molar-refractivity contribution in [2.75, 3.05) is 0 Å². The van der Waals surface area contributed by atoms with Gasteiger partial charge in [-0.2, -0.15) is 0 Å². The van der Waals surface area contributed by atoms with E-state index in [1.165, 1.54) is 43.5 Å². The standard InChI is InChI=1S/C24H33FN4OS/c1-14(2)13-29-22(19-7-5-6-8-21(19)25)27-28-24(29)31-16(4)23(30)26-15(3)20-12-17-9-10-18(20)11-17/h5-8,14-18,20H,9-13H2,1-4H3,(H,26,30). The molecule has 0 saturated heterocycles. The lowest BCUT2D eigenvalue weighted by Crippen LogP contribution is -2.43. The van der Waals surface area contributed by atoms with Crippen LogP contribution in [-0.2, 0) is 11.3 Å². The molecule has 2 bridgehead atoms. The Kier molecular flexibility index (Phi) is 6.70. The van der Waals surface area contributed by atoms with E-state index in [2.05, 4.69) is 36.3 Å². The van der Waals surface area contributed by atoms with E-state index in [0.717, 1.165) is 11.8 Å². The highest BCUT2D eigenvalue weighted by Crippen LogP contribution is 2.49. The van der Waals surface area contributed by atoms with Crippen molar-refractivity contribution in [1.82, 2.24) is 20.1 Å². The number of hydrogen-bond acceptors (Lipinski definition) is 4. The number of hydrogen-bond donors (Lipinski definition) is 1. The Morgan fingerprint density at radius 1 is 1.19 bits per heavy atom. The van der Waals surface area contributed by atoms with Crippen LogP contribution in [0, 0.1) is 29.5 Å². The van der Waals surface area contributed by atoms with Gasteiger partial charge in [0.2, 0.25) is 5.91 Å². The highest BCUT2D eigenvalue weighted by atomic mass is 32.2. The zero-order valence-corrected chi connectivity index (χ0v) is 19.7. The number of amides is 1. The van der Waals surface area contributed by atoms with Crippen molar-refractivity contribution in [3.05, 3.63) is 30.1 Å². The maximum absolute atomic E-state index is 14.4. The van der Waals surface area contributed by atoms with E-state index in [1.54, 1.807) is 18.2 Å². The molecule has 31 heavy (non-hydrogen) atoms. The summed E-state index contributed by atoms with van der Waals surface area (Å²) >= 11 is 1.40. The number of fused-ring (bicyclic) bond motifs is 2. The van der Waals surface area contributed by atoms with Gasteiger partial charge >= 0.3 is 0 Å². The van der Waals surface area contributed by atoms with Gasteiger partial charge in [-0.25, -0.2) is 4.39 Å². The first-order valence-electron chi connectivity index (χ1n) is 11.5. The zero-order chi connectivity index (χ0) is 22.1. The summed E-state index contributed by atoms with van der Waals surface area (Å²) in [6.45, 7) is 8.93. The molecule has 5 atom stereocenters. The highest BCUT2D eigenvalue weighted by Gasteiger charge is 2.42. The van der Waals surface area contributed by atoms with Gasteiger partial charge in [0, 0.05) is 12.6 Å². The lowest BCUT2D eigenvalue weighted by molar-refractivity contribution is -0.121. The third-order valence-electron chi connectivity index (χ3n) is 6.84. The first-order valence-corrected chi connectivity index (χ1v) is 12.4. The van der Waals surface area contributed by atoms with Gasteiger partial charge in [-0.1, -0.05) is 44.2 Å². The average molecular weight is 445 g/mol. The molecular formula is C24H33FN4OS. The van der Waals surface area contributed by atoms with Crippen LogP contribution in [0.2, 0.25) is 0 Å². The van der Waals surface area contributed by atoms with Gasteiger partial charge in [-0.15, -0.1) is 10.2 Å². The fourth-order valence-electron chi connectivity index (χ4n) is 5.31. The molecule has 0 spiro atoms. The molecule has 1 aromatic heterocycles. The number of aromatic nitrogens is 3. The van der Waals surface area contributed by atoms with Crippen LogP contribution in [0.1, 0.15) is 53.4 Å². The Labute approximate surface area is 188 Å². The fraction of sp³-hybridized carbons (Fsp3) is 0.625. The molecule has 2 fully saturated rings. The van der Waals surface area contributed by atoms with Gasteiger partial charge in [0.25, 0.3) is 0 Å². The molecule has 4 rings (SSSR count). The first kappa shape index (κ1) is 22.3. The molecule has 2 saturated carbocycles. The molecule has 7 heteroatoms. The van der Waals surface area contributed by atoms with E-state index in [4.69, 9.17) is 0 Å². The number of carbonyl (C=O) groups is 1. The van der Waals surface area contributed by atoms with Gasteiger partial charge in [0.1, 0.15) is 5.82 Å². The lowest BCUT2D eigenvalue weighted by atomic mass is 9.84. The predicted octanol–water partition coefficient (Wildman–Crippen LogP) is 5.16. The minimum atomic E-state index is -0.318. The molecule has 1 aromatic carbocycles. The molecule has 2 aromatic rings. The van der Waals surface area contributed by atoms with Gasteiger partial charge < -0.3 is 9.88 Å². The quantitative estimate of drug-likeness (QED) is 0.571. The van der Waals surface area contributed by atoms with E-state index in [1.807, 2.05) is 11.5 Å². The minimum absolute atomic E-state index is 0.0341. The Morgan fingerprint density at radius 3 is 2.61 bits per heavy atom. The minimum Gasteiger partial charge on any atom is -0.352 e. The van der Waals surface area contributed by atoms with Crippen LogP contribution in [0.3, 0.4) is 0 Å². The summed E-state index contributed by atoms with van der Waals surface area (Å²) in [6, 6.07) is 6.82. The lowest BCUT2D eigenvalue weighted by Gasteiger charge is -2.29. The second kappa shape index (κ2) is 9.31. The zero-order valence-electron chi connectivity index (χ0n) is 18.8. The maximum Gasteiger partial charge on any atom is 0.233 e. The third kappa shape index (κ3) is 4.81. The fourth-order valence-corrected chi connectivity index (χ4v) is 6.18. The second-order valence-corrected chi connectivity index (χ2v) is 11.0. The van der Waals surface area contributed by atoms with Crippen molar-refractivity contribution < 1.29 is 9.18 Å². The Hall–Kier alpha value is -1.89. The molecule has 168 valence electrons. The summed E-state index contributed by atoms with van der Waals surface area (Å²) < 4.78 is 16.3. The summed E-state index contributed by atoms with van der Waals surface area (Å²) in [5.74, 6) is 2.82. The normalized spacial score (nSPS) is 24.5. The molecule has 1 amide bonds. The molecule has 1 N–H and O–H groups in total. The Balaban J connectivity index is 1.46. The molecule has 0 aliphatic heterocycles. The second-order valence-electron chi connectivity index (χ2n) is 9.69. The first-order chi connectivity index (χ1) is 14.8. The third-order valence-corrected chi connectivity index (χ3v) is 7.92. The molecule has 2 aliphatic rings. The van der Waals surface area contributed by atoms with Gasteiger partial charge in [0.15, 0.2) is 11.0 Å². The summed E-state index contributed by atoms with van der Waals surface area (Å²) in [6.07, 6.45) is 5.27. The van der Waals surface area contributed by atoms with Crippen LogP contribution in [0.5, 0.6) is 0 Å². The van der Waals surface area contributed by atoms with E-state index in [-0.39, 0.29) is 23.0 Å². The van der Waals surface area contributed by atoms with E-state index >= 15 is 0 Å². The topological polar surface area (TPSA) is 59.8 Å². The summed E-state index contributed by atoms with van der Waals surface area (Å²) in [5, 5.41) is 12.2. The van der Waals surface area contributed by atoms with Crippen molar-refractivity contribution in [2.45, 2.75) is 76.4 Å². The number of thioether (sulfide) groups is 1. The number of halogens is 1. The maximum atomic E-state index is 14.4. The summed E-state index contributed by atoms with van der Waals surface area (Å²) in [7, 11) is 0. The van der Waals surface area contributed by atoms with E-state index in [9.17, 15) is 9.18 Å². The number of benzene rings is 1. The summed E-state index contributed by atoms with van der Waals surface area (Å²) in [4.78, 5) is 12.9. The largest absolute Gasteiger partial charge is 0.352 e. The Morgan fingerprint density at radius 2 is 1.97 bits per heavy atom. The monoisotopic (exact) mass is 444 g/mol. The van der Waals surface area contributed by atoms with Crippen LogP contribution in [0.15, 0.2) is 29.4 Å². The van der Waals surface area contributed by atoms with Crippen molar-refractivity contribution in [3.8, 4) is 11.4 Å². The van der Waals surface area contributed by atoms with Crippen molar-refractivity contribution in [2.24, 2.45) is 23.7 Å². The number of nitrogens with one attached hydrogen (secondary N) is 1. The van der Waals surface area contributed by atoms with Gasteiger partial charge in [-0.05, 0) is 68.9 Å². The number of nitrogens with zero attached hydrogens (tertiary/aromatic N) is 3. The van der Waals surface area contributed by atoms with E-state index < -0.39 is 0 Å². The van der Waals surface area contributed by atoms with Crippen molar-refractivity contribution in [3.63, 3.8) is 0 Å². The molecule has 5 nitrogen and oxygen atoms in total. The van der Waals surface area contributed by atoms with Crippen LogP contribution >= 0.6 is 11.8 Å². The average Bonchev–Trinajstić information content (AvgIpc) is 3.45. The highest BCUT2D eigenvalue weighted by molar-refractivity contribution is 8.00. The Bertz CT molecular complexity index is 930.